The van der Waals surface area contributed by atoms with E-state index in [1.165, 1.54) is 27.4 Å². The van der Waals surface area contributed by atoms with Crippen molar-refractivity contribution in [2.45, 2.75) is 20.3 Å². The Bertz CT molecular complexity index is 1480. The summed E-state index contributed by atoms with van der Waals surface area (Å²) in [5.41, 5.74) is 4.15. The van der Waals surface area contributed by atoms with Gasteiger partial charge < -0.3 is 0 Å². The summed E-state index contributed by atoms with van der Waals surface area (Å²) < 4.78 is 1.43. The van der Waals surface area contributed by atoms with Gasteiger partial charge in [-0.3, -0.25) is 9.89 Å². The molecule has 0 fully saturated rings. The second-order valence-electron chi connectivity index (χ2n) is 7.28. The molecule has 0 radical (unpaired) electrons. The second-order valence-corrected chi connectivity index (χ2v) is 9.29. The molecular formula is C24H20N6OS2. The van der Waals surface area contributed by atoms with Crippen molar-refractivity contribution in [1.29, 1.82) is 0 Å². The molecule has 0 aliphatic carbocycles. The minimum atomic E-state index is -0.310. The van der Waals surface area contributed by atoms with E-state index < -0.39 is 0 Å². The molecule has 33 heavy (non-hydrogen) atoms. The van der Waals surface area contributed by atoms with Crippen LogP contribution in [0.5, 0.6) is 0 Å². The average molecular weight is 473 g/mol. The summed E-state index contributed by atoms with van der Waals surface area (Å²) in [6.45, 7) is 4.07. The lowest BCUT2D eigenvalue weighted by molar-refractivity contribution is 0.843. The van der Waals surface area contributed by atoms with Gasteiger partial charge in [-0.25, -0.2) is 9.97 Å². The van der Waals surface area contributed by atoms with Crippen LogP contribution in [0.1, 0.15) is 17.5 Å². The fraction of sp³-hybridized carbons (Fsp3) is 0.125. The molecule has 0 amide bonds. The third-order valence-corrected chi connectivity index (χ3v) is 6.86. The van der Waals surface area contributed by atoms with Crippen LogP contribution in [0.4, 0.5) is 10.8 Å². The van der Waals surface area contributed by atoms with Crippen LogP contribution in [0.2, 0.25) is 0 Å². The summed E-state index contributed by atoms with van der Waals surface area (Å²) in [5.74, 6) is 0. The zero-order valence-electron chi connectivity index (χ0n) is 18.0. The quantitative estimate of drug-likeness (QED) is 0.279. The number of nitrogens with zero attached hydrogens (tertiary/aromatic N) is 5. The van der Waals surface area contributed by atoms with Gasteiger partial charge in [-0.1, -0.05) is 78.9 Å². The molecule has 0 saturated carbocycles. The number of aromatic amines is 1. The van der Waals surface area contributed by atoms with Crippen LogP contribution in [0.15, 0.2) is 81.1 Å². The predicted octanol–water partition coefficient (Wildman–Crippen LogP) is 6.70. The Morgan fingerprint density at radius 3 is 2.33 bits per heavy atom. The molecule has 0 spiro atoms. The number of aromatic nitrogens is 4. The molecule has 0 aliphatic heterocycles. The fourth-order valence-electron chi connectivity index (χ4n) is 3.45. The van der Waals surface area contributed by atoms with Gasteiger partial charge in [0.1, 0.15) is 0 Å². The highest BCUT2D eigenvalue weighted by Crippen LogP contribution is 2.31. The van der Waals surface area contributed by atoms with E-state index in [1.54, 1.807) is 0 Å². The molecule has 5 aromatic rings. The molecule has 3 heterocycles. The van der Waals surface area contributed by atoms with E-state index in [1.807, 2.05) is 73.0 Å². The first kappa shape index (κ1) is 21.2. The second kappa shape index (κ2) is 9.05. The van der Waals surface area contributed by atoms with Gasteiger partial charge in [-0.15, -0.1) is 21.6 Å². The van der Waals surface area contributed by atoms with Gasteiger partial charge in [0.05, 0.1) is 17.1 Å². The highest BCUT2D eigenvalue weighted by atomic mass is 32.1. The smallest absolute Gasteiger partial charge is 0.286 e. The lowest BCUT2D eigenvalue weighted by Crippen LogP contribution is -2.13. The van der Waals surface area contributed by atoms with E-state index in [0.717, 1.165) is 33.8 Å². The minimum Gasteiger partial charge on any atom is -0.286 e. The molecule has 7 nitrogen and oxygen atoms in total. The maximum atomic E-state index is 13.4. The molecule has 5 rings (SSSR count). The monoisotopic (exact) mass is 472 g/mol. The number of nitrogens with one attached hydrogen (secondary N) is 1. The number of hydrogen-bond acceptors (Lipinski definition) is 7. The highest BCUT2D eigenvalue weighted by Gasteiger charge is 2.19. The Labute approximate surface area is 198 Å². The van der Waals surface area contributed by atoms with Crippen molar-refractivity contribution in [2.75, 3.05) is 0 Å². The van der Waals surface area contributed by atoms with Crippen LogP contribution < -0.4 is 5.56 Å². The van der Waals surface area contributed by atoms with Crippen LogP contribution in [-0.2, 0) is 6.42 Å². The number of rotatable bonds is 6. The zero-order chi connectivity index (χ0) is 22.8. The van der Waals surface area contributed by atoms with Gasteiger partial charge in [0, 0.05) is 21.4 Å². The standard InChI is InChI=1S/C24H20N6OS2/c1-3-18-15(2)33-23(25-18)28-27-21-20(17-12-8-5-9-13-17)29-30(22(21)31)24-26-19(14-32-24)16-10-6-4-7-11-16/h4-14,29H,3H2,1-2H3. The first-order valence-corrected chi connectivity index (χ1v) is 12.1. The molecule has 9 heteroatoms. The van der Waals surface area contributed by atoms with Crippen molar-refractivity contribution in [3.8, 4) is 27.6 Å². The fourth-order valence-corrected chi connectivity index (χ4v) is 5.06. The highest BCUT2D eigenvalue weighted by molar-refractivity contribution is 7.15. The molecule has 0 saturated heterocycles. The molecule has 0 atom stereocenters. The Kier molecular flexibility index (Phi) is 5.80. The first-order chi connectivity index (χ1) is 16.1. The van der Waals surface area contributed by atoms with Crippen LogP contribution in [0.25, 0.3) is 27.6 Å². The first-order valence-electron chi connectivity index (χ1n) is 10.4. The van der Waals surface area contributed by atoms with E-state index in [0.29, 0.717) is 16.0 Å². The molecule has 164 valence electrons. The molecule has 0 aliphatic rings. The van der Waals surface area contributed by atoms with Crippen molar-refractivity contribution >= 4 is 33.5 Å². The Balaban J connectivity index is 1.59. The maximum absolute atomic E-state index is 13.4. The number of thiazole rings is 2. The van der Waals surface area contributed by atoms with E-state index in [4.69, 9.17) is 0 Å². The minimum absolute atomic E-state index is 0.226. The summed E-state index contributed by atoms with van der Waals surface area (Å²) in [6, 6.07) is 19.5. The molecule has 3 aromatic heterocycles. The lowest BCUT2D eigenvalue weighted by atomic mass is 10.1. The van der Waals surface area contributed by atoms with Gasteiger partial charge in [0.2, 0.25) is 10.3 Å². The van der Waals surface area contributed by atoms with Gasteiger partial charge in [-0.05, 0) is 13.3 Å². The van der Waals surface area contributed by atoms with E-state index in [-0.39, 0.29) is 11.2 Å². The number of aryl methyl sites for hydroxylation is 2. The lowest BCUT2D eigenvalue weighted by Gasteiger charge is -1.99. The molecule has 0 bridgehead atoms. The van der Waals surface area contributed by atoms with Crippen LogP contribution in [0, 0.1) is 6.92 Å². The maximum Gasteiger partial charge on any atom is 0.301 e. The average Bonchev–Trinajstić information content (AvgIpc) is 3.56. The van der Waals surface area contributed by atoms with Crippen molar-refractivity contribution in [3.05, 3.63) is 87.0 Å². The number of hydrogen-bond donors (Lipinski definition) is 1. The molecule has 0 unspecified atom stereocenters. The normalized spacial score (nSPS) is 11.5. The van der Waals surface area contributed by atoms with Gasteiger partial charge in [-0.2, -0.15) is 4.68 Å². The van der Waals surface area contributed by atoms with Crippen molar-refractivity contribution < 1.29 is 0 Å². The van der Waals surface area contributed by atoms with Gasteiger partial charge >= 0.3 is 5.56 Å². The molecule has 1 N–H and O–H groups in total. The zero-order valence-corrected chi connectivity index (χ0v) is 19.7. The van der Waals surface area contributed by atoms with Crippen molar-refractivity contribution in [1.82, 2.24) is 19.7 Å². The summed E-state index contributed by atoms with van der Waals surface area (Å²) in [4.78, 5) is 23.7. The summed E-state index contributed by atoms with van der Waals surface area (Å²) >= 11 is 2.86. The summed E-state index contributed by atoms with van der Waals surface area (Å²) in [7, 11) is 0. The topological polar surface area (TPSA) is 88.3 Å². The van der Waals surface area contributed by atoms with Crippen LogP contribution in [0.3, 0.4) is 0 Å². The molecule has 2 aromatic carbocycles. The summed E-state index contributed by atoms with van der Waals surface area (Å²) in [6.07, 6.45) is 0.831. The largest absolute Gasteiger partial charge is 0.301 e. The van der Waals surface area contributed by atoms with E-state index >= 15 is 0 Å². The number of azo groups is 1. The third-order valence-electron chi connectivity index (χ3n) is 5.13. The van der Waals surface area contributed by atoms with Crippen molar-refractivity contribution in [2.24, 2.45) is 10.2 Å². The molecular weight excluding hydrogens is 452 g/mol. The van der Waals surface area contributed by atoms with Crippen LogP contribution in [-0.4, -0.2) is 19.7 Å². The van der Waals surface area contributed by atoms with E-state index in [9.17, 15) is 4.79 Å². The third kappa shape index (κ3) is 4.20. The Morgan fingerprint density at radius 1 is 0.970 bits per heavy atom. The Hall–Kier alpha value is -3.69. The SMILES string of the molecule is CCc1nc(N=Nc2c(-c3ccccc3)[nH]n(-c3nc(-c4ccccc4)cs3)c2=O)sc1C. The number of benzene rings is 2. The summed E-state index contributed by atoms with van der Waals surface area (Å²) in [5, 5.41) is 14.8. The van der Waals surface area contributed by atoms with Crippen molar-refractivity contribution in [3.63, 3.8) is 0 Å². The van der Waals surface area contributed by atoms with Gasteiger partial charge in [0.25, 0.3) is 0 Å². The van der Waals surface area contributed by atoms with Gasteiger partial charge in [0.15, 0.2) is 5.69 Å². The van der Waals surface area contributed by atoms with E-state index in [2.05, 4.69) is 32.2 Å². The Morgan fingerprint density at radius 2 is 1.67 bits per heavy atom. The predicted molar refractivity (Wildman–Crippen MR) is 133 cm³/mol. The van der Waals surface area contributed by atoms with Crippen LogP contribution >= 0.6 is 22.7 Å². The number of H-pyrrole nitrogens is 1.